The van der Waals surface area contributed by atoms with Gasteiger partial charge < -0.3 is 9.63 Å². The van der Waals surface area contributed by atoms with Crippen molar-refractivity contribution in [3.63, 3.8) is 0 Å². The van der Waals surface area contributed by atoms with E-state index in [2.05, 4.69) is 16.2 Å². The van der Waals surface area contributed by atoms with Crippen molar-refractivity contribution in [2.24, 2.45) is 0 Å². The van der Waals surface area contributed by atoms with Gasteiger partial charge in [0.1, 0.15) is 29.9 Å². The Morgan fingerprint density at radius 1 is 1.09 bits per heavy atom. The van der Waals surface area contributed by atoms with Crippen LogP contribution < -0.4 is 0 Å². The highest BCUT2D eigenvalue weighted by Gasteiger charge is 2.30. The molecule has 0 bridgehead atoms. The highest BCUT2D eigenvalue weighted by Crippen LogP contribution is 2.44. The third-order valence-corrected chi connectivity index (χ3v) is 6.85. The van der Waals surface area contributed by atoms with E-state index in [9.17, 15) is 13.9 Å². The quantitative estimate of drug-likeness (QED) is 0.251. The lowest BCUT2D eigenvalue weighted by molar-refractivity contribution is 0.196. The van der Waals surface area contributed by atoms with Crippen molar-refractivity contribution >= 4 is 11.6 Å². The summed E-state index contributed by atoms with van der Waals surface area (Å²) in [4.78, 5) is 4.09. The Balaban J connectivity index is 1.57. The van der Waals surface area contributed by atoms with Crippen molar-refractivity contribution in [2.45, 2.75) is 51.1 Å². The number of hydrogen-bond donors (Lipinski definition) is 1. The SMILES string of the molecule is CCC(F)CC(F)Cc1onc(-c2cc(Cl)c3c(c2)Cc2ccccc2-3)c1[C@@H](O)c1cccnc1. The van der Waals surface area contributed by atoms with Crippen LogP contribution in [0.15, 0.2) is 65.4 Å². The molecule has 1 N–H and O–H groups in total. The molecule has 0 aliphatic heterocycles. The Bertz CT molecular complexity index is 1340. The summed E-state index contributed by atoms with van der Waals surface area (Å²) in [7, 11) is 0. The van der Waals surface area contributed by atoms with E-state index in [1.165, 1.54) is 5.56 Å². The minimum absolute atomic E-state index is 0.187. The fourth-order valence-corrected chi connectivity index (χ4v) is 5.11. The molecule has 0 saturated heterocycles. The molecule has 2 unspecified atom stereocenters. The Labute approximate surface area is 207 Å². The van der Waals surface area contributed by atoms with Crippen LogP contribution >= 0.6 is 11.6 Å². The van der Waals surface area contributed by atoms with Crippen LogP contribution in [-0.2, 0) is 12.8 Å². The second-order valence-electron chi connectivity index (χ2n) is 8.93. The molecule has 2 aromatic carbocycles. The number of halogens is 3. The van der Waals surface area contributed by atoms with Gasteiger partial charge in [-0.3, -0.25) is 4.98 Å². The zero-order valence-electron chi connectivity index (χ0n) is 19.2. The third-order valence-electron chi connectivity index (χ3n) is 6.55. The smallest absolute Gasteiger partial charge is 0.146 e. The topological polar surface area (TPSA) is 59.2 Å². The maximum atomic E-state index is 14.7. The molecule has 2 aromatic heterocycles. The number of fused-ring (bicyclic) bond motifs is 3. The number of nitrogens with zero attached hydrogens (tertiary/aromatic N) is 2. The number of benzene rings is 2. The predicted octanol–water partition coefficient (Wildman–Crippen LogP) is 7.06. The van der Waals surface area contributed by atoms with Crippen molar-refractivity contribution in [1.29, 1.82) is 0 Å². The molecule has 0 radical (unpaired) electrons. The fourth-order valence-electron chi connectivity index (χ4n) is 4.77. The zero-order chi connectivity index (χ0) is 24.5. The number of aromatic nitrogens is 2. The van der Waals surface area contributed by atoms with Crippen molar-refractivity contribution in [3.8, 4) is 22.4 Å². The van der Waals surface area contributed by atoms with Crippen LogP contribution in [0.4, 0.5) is 8.78 Å². The van der Waals surface area contributed by atoms with Crippen LogP contribution in [0.1, 0.15) is 53.9 Å². The number of hydrogen-bond acceptors (Lipinski definition) is 4. The first-order chi connectivity index (χ1) is 17.0. The molecule has 7 heteroatoms. The first-order valence-corrected chi connectivity index (χ1v) is 12.1. The van der Waals surface area contributed by atoms with Gasteiger partial charge in [0, 0.05) is 46.9 Å². The lowest BCUT2D eigenvalue weighted by atomic mass is 9.93. The average molecular weight is 495 g/mol. The Morgan fingerprint density at radius 2 is 1.91 bits per heavy atom. The normalized spacial score (nSPS) is 14.9. The van der Waals surface area contributed by atoms with E-state index in [-0.39, 0.29) is 25.0 Å². The maximum Gasteiger partial charge on any atom is 0.146 e. The van der Waals surface area contributed by atoms with E-state index < -0.39 is 18.4 Å². The van der Waals surface area contributed by atoms with Crippen LogP contribution in [-0.4, -0.2) is 27.6 Å². The molecule has 0 saturated carbocycles. The number of aliphatic hydroxyl groups excluding tert-OH is 1. The van der Waals surface area contributed by atoms with Gasteiger partial charge in [0.2, 0.25) is 0 Å². The summed E-state index contributed by atoms with van der Waals surface area (Å²) in [6.45, 7) is 1.68. The van der Waals surface area contributed by atoms with Crippen molar-refractivity contribution in [2.75, 3.05) is 0 Å². The highest BCUT2D eigenvalue weighted by molar-refractivity contribution is 6.34. The molecule has 180 valence electrons. The summed E-state index contributed by atoms with van der Waals surface area (Å²) in [6, 6.07) is 15.3. The van der Waals surface area contributed by atoms with Crippen molar-refractivity contribution in [1.82, 2.24) is 10.1 Å². The molecule has 4 nitrogen and oxygen atoms in total. The summed E-state index contributed by atoms with van der Waals surface area (Å²) < 4.78 is 34.1. The van der Waals surface area contributed by atoms with Gasteiger partial charge in [0.15, 0.2) is 0 Å². The number of rotatable bonds is 8. The van der Waals surface area contributed by atoms with Crippen LogP contribution in [0.5, 0.6) is 0 Å². The number of aliphatic hydroxyl groups is 1. The number of alkyl halides is 2. The van der Waals surface area contributed by atoms with Gasteiger partial charge in [0.25, 0.3) is 0 Å². The summed E-state index contributed by atoms with van der Waals surface area (Å²) in [5, 5.41) is 16.1. The van der Waals surface area contributed by atoms with E-state index in [1.54, 1.807) is 37.5 Å². The van der Waals surface area contributed by atoms with E-state index in [1.807, 2.05) is 24.3 Å². The van der Waals surface area contributed by atoms with E-state index >= 15 is 0 Å². The average Bonchev–Trinajstić information content (AvgIpc) is 3.45. The summed E-state index contributed by atoms with van der Waals surface area (Å²) in [6.07, 6.45) is -0.174. The van der Waals surface area contributed by atoms with Gasteiger partial charge in [-0.25, -0.2) is 8.78 Å². The van der Waals surface area contributed by atoms with E-state index in [0.717, 1.165) is 23.1 Å². The van der Waals surface area contributed by atoms with Gasteiger partial charge in [0.05, 0.1) is 5.56 Å². The van der Waals surface area contributed by atoms with Crippen LogP contribution in [0, 0.1) is 0 Å². The molecule has 3 atom stereocenters. The Hall–Kier alpha value is -3.09. The molecular weight excluding hydrogens is 470 g/mol. The minimum atomic E-state index is -1.47. The summed E-state index contributed by atoms with van der Waals surface area (Å²) in [5.74, 6) is 0.187. The number of pyridine rings is 1. The Morgan fingerprint density at radius 3 is 2.69 bits per heavy atom. The molecule has 1 aliphatic carbocycles. The molecule has 4 aromatic rings. The van der Waals surface area contributed by atoms with Crippen LogP contribution in [0.2, 0.25) is 5.02 Å². The Kier molecular flexibility index (Phi) is 6.67. The maximum absolute atomic E-state index is 14.7. The molecule has 2 heterocycles. The molecule has 1 aliphatic rings. The third kappa shape index (κ3) is 4.60. The molecule has 35 heavy (non-hydrogen) atoms. The first kappa shape index (κ1) is 23.6. The van der Waals surface area contributed by atoms with E-state index in [0.29, 0.717) is 27.4 Å². The summed E-state index contributed by atoms with van der Waals surface area (Å²) in [5.41, 5.74) is 6.25. The lowest BCUT2D eigenvalue weighted by Crippen LogP contribution is -2.14. The fraction of sp³-hybridized carbons (Fsp3) is 0.286. The van der Waals surface area contributed by atoms with Gasteiger partial charge in [-0.15, -0.1) is 0 Å². The van der Waals surface area contributed by atoms with Gasteiger partial charge >= 0.3 is 0 Å². The second kappa shape index (κ2) is 9.88. The molecule has 0 spiro atoms. The second-order valence-corrected chi connectivity index (χ2v) is 9.33. The zero-order valence-corrected chi connectivity index (χ0v) is 20.0. The first-order valence-electron chi connectivity index (χ1n) is 11.7. The monoisotopic (exact) mass is 494 g/mol. The molecular formula is C28H25ClF2N2O2. The van der Waals surface area contributed by atoms with Gasteiger partial charge in [-0.2, -0.15) is 0 Å². The van der Waals surface area contributed by atoms with Gasteiger partial charge in [-0.05, 0) is 47.7 Å². The molecule has 0 fully saturated rings. The van der Waals surface area contributed by atoms with Crippen LogP contribution in [0.25, 0.3) is 22.4 Å². The predicted molar refractivity (Wildman–Crippen MR) is 132 cm³/mol. The molecule has 5 rings (SSSR count). The standard InChI is InChI=1S/C28H25ClF2N2O2/c1-2-20(30)13-21(31)14-24-26(28(34)17-7-5-9-32-15-17)27(33-35-24)19-11-18-10-16-6-3-4-8-22(16)25(18)23(29)12-19/h3-9,11-12,15,20-21,28,34H,2,10,13-14H2,1H3/t20?,21?,28-/m0/s1. The highest BCUT2D eigenvalue weighted by atomic mass is 35.5. The van der Waals surface area contributed by atoms with Gasteiger partial charge in [-0.1, -0.05) is 54.0 Å². The van der Waals surface area contributed by atoms with Crippen LogP contribution in [0.3, 0.4) is 0 Å². The molecule has 0 amide bonds. The minimum Gasteiger partial charge on any atom is -0.383 e. The largest absolute Gasteiger partial charge is 0.383 e. The van der Waals surface area contributed by atoms with Crippen molar-refractivity contribution < 1.29 is 18.4 Å². The summed E-state index contributed by atoms with van der Waals surface area (Å²) >= 11 is 6.73. The van der Waals surface area contributed by atoms with Crippen molar-refractivity contribution in [3.05, 3.63) is 94.0 Å². The van der Waals surface area contributed by atoms with E-state index in [4.69, 9.17) is 16.1 Å². The lowest BCUT2D eigenvalue weighted by Gasteiger charge is -2.15.